The first kappa shape index (κ1) is 11.9. The van der Waals surface area contributed by atoms with Gasteiger partial charge in [-0.1, -0.05) is 24.3 Å². The van der Waals surface area contributed by atoms with E-state index >= 15 is 0 Å². The molecule has 1 heterocycles. The zero-order valence-electron chi connectivity index (χ0n) is 11.1. The second-order valence-corrected chi connectivity index (χ2v) is 4.99. The minimum absolute atomic E-state index is 0.00115. The average Bonchev–Trinajstić information content (AvgIpc) is 2.76. The molecule has 1 atom stereocenters. The van der Waals surface area contributed by atoms with Gasteiger partial charge in [0.2, 0.25) is 5.91 Å². The number of hydrogen-bond acceptors (Lipinski definition) is 3. The van der Waals surface area contributed by atoms with E-state index in [4.69, 9.17) is 0 Å². The number of aryl methyl sites for hydroxylation is 1. The van der Waals surface area contributed by atoms with Crippen LogP contribution >= 0.6 is 0 Å². The molecular weight excluding hydrogens is 240 g/mol. The van der Waals surface area contributed by atoms with Gasteiger partial charge in [0.25, 0.3) is 0 Å². The topological polar surface area (TPSA) is 61.9 Å². The lowest BCUT2D eigenvalue weighted by Crippen LogP contribution is -2.36. The Morgan fingerprint density at radius 2 is 2.26 bits per heavy atom. The summed E-state index contributed by atoms with van der Waals surface area (Å²) >= 11 is 0. The van der Waals surface area contributed by atoms with Gasteiger partial charge in [-0.3, -0.25) is 9.89 Å². The van der Waals surface area contributed by atoms with Crippen LogP contribution in [0.25, 0.3) is 0 Å². The molecule has 0 saturated carbocycles. The van der Waals surface area contributed by atoms with Crippen LogP contribution < -0.4 is 0 Å². The predicted molar refractivity (Wildman–Crippen MR) is 70.5 cm³/mol. The van der Waals surface area contributed by atoms with Crippen LogP contribution in [-0.2, 0) is 17.8 Å². The maximum Gasteiger partial charge on any atom is 0.230 e. The molecule has 0 bridgehead atoms. The van der Waals surface area contributed by atoms with Gasteiger partial charge in [-0.05, 0) is 24.5 Å². The summed E-state index contributed by atoms with van der Waals surface area (Å²) in [6.45, 7) is 2.29. The van der Waals surface area contributed by atoms with Crippen molar-refractivity contribution in [2.75, 3.05) is 7.05 Å². The highest BCUT2D eigenvalue weighted by atomic mass is 16.2. The van der Waals surface area contributed by atoms with Crippen molar-refractivity contribution >= 4 is 5.91 Å². The molecule has 1 unspecified atom stereocenters. The summed E-state index contributed by atoms with van der Waals surface area (Å²) in [5.74, 6) is 1.56. The molecule has 1 aliphatic rings. The van der Waals surface area contributed by atoms with Crippen LogP contribution in [0.15, 0.2) is 24.3 Å². The predicted octanol–water partition coefficient (Wildman–Crippen LogP) is 1.41. The fourth-order valence-corrected chi connectivity index (χ4v) is 2.49. The van der Waals surface area contributed by atoms with Gasteiger partial charge in [0.05, 0.1) is 12.5 Å². The van der Waals surface area contributed by atoms with Gasteiger partial charge in [0.15, 0.2) is 5.82 Å². The van der Waals surface area contributed by atoms with Crippen molar-refractivity contribution in [3.05, 3.63) is 47.0 Å². The molecule has 1 aromatic carbocycles. The third-order valence-corrected chi connectivity index (χ3v) is 3.55. The summed E-state index contributed by atoms with van der Waals surface area (Å²) in [6, 6.07) is 8.11. The number of H-pyrrole nitrogens is 1. The number of carbonyl (C=O) groups excluding carboxylic acids is 1. The van der Waals surface area contributed by atoms with E-state index in [-0.39, 0.29) is 11.8 Å². The zero-order chi connectivity index (χ0) is 13.4. The second kappa shape index (κ2) is 4.50. The van der Waals surface area contributed by atoms with E-state index in [1.807, 2.05) is 25.1 Å². The standard InChI is InChI=1S/C14H16N4O/c1-9-15-13(17-16-9)8-18(2)14(19)12-7-10-5-3-4-6-11(10)12/h3-6,12H,7-8H2,1-2H3,(H,15,16,17). The van der Waals surface area contributed by atoms with E-state index in [2.05, 4.69) is 21.2 Å². The van der Waals surface area contributed by atoms with Crippen LogP contribution in [-0.4, -0.2) is 33.0 Å². The van der Waals surface area contributed by atoms with Crippen molar-refractivity contribution in [2.24, 2.45) is 0 Å². The third-order valence-electron chi connectivity index (χ3n) is 3.55. The maximum absolute atomic E-state index is 12.4. The zero-order valence-corrected chi connectivity index (χ0v) is 11.1. The van der Waals surface area contributed by atoms with Crippen molar-refractivity contribution in [2.45, 2.75) is 25.8 Å². The Balaban J connectivity index is 1.69. The van der Waals surface area contributed by atoms with Gasteiger partial charge in [-0.25, -0.2) is 4.98 Å². The number of fused-ring (bicyclic) bond motifs is 1. The fraction of sp³-hybridized carbons (Fsp3) is 0.357. The van der Waals surface area contributed by atoms with Gasteiger partial charge < -0.3 is 4.90 Å². The van der Waals surface area contributed by atoms with Crippen LogP contribution in [0.5, 0.6) is 0 Å². The van der Waals surface area contributed by atoms with Crippen molar-refractivity contribution in [1.29, 1.82) is 0 Å². The van der Waals surface area contributed by atoms with Gasteiger partial charge in [-0.2, -0.15) is 5.10 Å². The largest absolute Gasteiger partial charge is 0.338 e. The number of benzene rings is 1. The molecule has 2 aromatic rings. The number of nitrogens with one attached hydrogen (secondary N) is 1. The lowest BCUT2D eigenvalue weighted by molar-refractivity contribution is -0.132. The molecule has 3 rings (SSSR count). The smallest absolute Gasteiger partial charge is 0.230 e. The van der Waals surface area contributed by atoms with E-state index in [9.17, 15) is 4.79 Å². The van der Waals surface area contributed by atoms with Gasteiger partial charge >= 0.3 is 0 Å². The SMILES string of the molecule is Cc1nc(CN(C)C(=O)C2Cc3ccccc32)n[nH]1. The number of carbonyl (C=O) groups is 1. The number of hydrogen-bond donors (Lipinski definition) is 1. The third kappa shape index (κ3) is 2.12. The highest BCUT2D eigenvalue weighted by Gasteiger charge is 2.33. The highest BCUT2D eigenvalue weighted by Crippen LogP contribution is 2.36. The molecule has 0 radical (unpaired) electrons. The highest BCUT2D eigenvalue weighted by molar-refractivity contribution is 5.86. The summed E-state index contributed by atoms with van der Waals surface area (Å²) in [5, 5.41) is 6.84. The molecule has 1 aromatic heterocycles. The Bertz CT molecular complexity index is 619. The Kier molecular flexibility index (Phi) is 2.81. The average molecular weight is 256 g/mol. The monoisotopic (exact) mass is 256 g/mol. The van der Waals surface area contributed by atoms with Crippen molar-refractivity contribution in [3.63, 3.8) is 0 Å². The van der Waals surface area contributed by atoms with Crippen LogP contribution in [0.4, 0.5) is 0 Å². The Morgan fingerprint density at radius 3 is 2.95 bits per heavy atom. The summed E-state index contributed by atoms with van der Waals surface area (Å²) in [4.78, 5) is 18.3. The normalized spacial score (nSPS) is 16.6. The van der Waals surface area contributed by atoms with E-state index < -0.39 is 0 Å². The number of nitrogens with zero attached hydrogens (tertiary/aromatic N) is 3. The van der Waals surface area contributed by atoms with E-state index in [0.717, 1.165) is 17.8 Å². The summed E-state index contributed by atoms with van der Waals surface area (Å²) in [5.41, 5.74) is 2.44. The Morgan fingerprint density at radius 1 is 1.47 bits per heavy atom. The molecule has 1 N–H and O–H groups in total. The summed E-state index contributed by atoms with van der Waals surface area (Å²) in [7, 11) is 1.80. The van der Waals surface area contributed by atoms with E-state index in [0.29, 0.717) is 12.4 Å². The molecule has 98 valence electrons. The number of aromatic amines is 1. The first-order valence-corrected chi connectivity index (χ1v) is 6.36. The molecule has 1 amide bonds. The van der Waals surface area contributed by atoms with E-state index in [1.54, 1.807) is 11.9 Å². The first-order chi connectivity index (χ1) is 9.15. The molecule has 1 aliphatic carbocycles. The molecule has 0 aliphatic heterocycles. The van der Waals surface area contributed by atoms with E-state index in [1.165, 1.54) is 5.56 Å². The summed E-state index contributed by atoms with van der Waals surface area (Å²) < 4.78 is 0. The first-order valence-electron chi connectivity index (χ1n) is 6.36. The quantitative estimate of drug-likeness (QED) is 0.903. The molecule has 0 fully saturated rings. The van der Waals surface area contributed by atoms with Gasteiger partial charge in [-0.15, -0.1) is 0 Å². The molecule has 0 saturated heterocycles. The molecule has 5 heteroatoms. The van der Waals surface area contributed by atoms with Crippen LogP contribution in [0, 0.1) is 6.92 Å². The minimum Gasteiger partial charge on any atom is -0.338 e. The molecule has 0 spiro atoms. The summed E-state index contributed by atoms with van der Waals surface area (Å²) in [6.07, 6.45) is 0.840. The molecular formula is C14H16N4O. The fourth-order valence-electron chi connectivity index (χ4n) is 2.49. The molecule has 5 nitrogen and oxygen atoms in total. The van der Waals surface area contributed by atoms with Crippen LogP contribution in [0.3, 0.4) is 0 Å². The second-order valence-electron chi connectivity index (χ2n) is 4.99. The lowest BCUT2D eigenvalue weighted by Gasteiger charge is -2.31. The minimum atomic E-state index is 0.00115. The number of amides is 1. The van der Waals surface area contributed by atoms with Crippen LogP contribution in [0.1, 0.15) is 28.7 Å². The van der Waals surface area contributed by atoms with Crippen molar-refractivity contribution in [1.82, 2.24) is 20.1 Å². The van der Waals surface area contributed by atoms with Gasteiger partial charge in [0.1, 0.15) is 5.82 Å². The number of aromatic nitrogens is 3. The Hall–Kier alpha value is -2.17. The molecule has 19 heavy (non-hydrogen) atoms. The van der Waals surface area contributed by atoms with Crippen molar-refractivity contribution in [3.8, 4) is 0 Å². The number of likely N-dealkylation sites (N-methyl/N-ethyl adjacent to an activating group) is 1. The number of rotatable bonds is 3. The van der Waals surface area contributed by atoms with Crippen molar-refractivity contribution < 1.29 is 4.79 Å². The van der Waals surface area contributed by atoms with Crippen LogP contribution in [0.2, 0.25) is 0 Å². The van der Waals surface area contributed by atoms with Gasteiger partial charge in [0, 0.05) is 7.05 Å². The maximum atomic E-state index is 12.4. The lowest BCUT2D eigenvalue weighted by atomic mass is 9.77. The Labute approximate surface area is 111 Å².